The zero-order chi connectivity index (χ0) is 23.7. The standard InChI is InChI=1S/C21H22F4N2O4S/c1-13-11-27(12-14(2)31-13)32(29,30)18-5-3-4-15(8-18)20(28)26-10-16-6-7-17(22)9-19(16)21(23,24)25/h3-9,13-14H,10-12H2,1-2H3,(H,26,28). The van der Waals surface area contributed by atoms with Crippen molar-refractivity contribution in [2.45, 2.75) is 43.7 Å². The minimum Gasteiger partial charge on any atom is -0.373 e. The monoisotopic (exact) mass is 474 g/mol. The van der Waals surface area contributed by atoms with Gasteiger partial charge in [0, 0.05) is 25.2 Å². The third kappa shape index (κ3) is 5.45. The maximum atomic E-state index is 13.2. The number of amides is 1. The minimum atomic E-state index is -4.79. The van der Waals surface area contributed by atoms with Crippen LogP contribution in [-0.4, -0.2) is 43.9 Å². The number of carbonyl (C=O) groups excluding carboxylic acids is 1. The highest BCUT2D eigenvalue weighted by Gasteiger charge is 2.34. The Balaban J connectivity index is 1.78. The van der Waals surface area contributed by atoms with Gasteiger partial charge in [0.1, 0.15) is 5.82 Å². The molecule has 2 aromatic rings. The summed E-state index contributed by atoms with van der Waals surface area (Å²) in [5.74, 6) is -1.81. The summed E-state index contributed by atoms with van der Waals surface area (Å²) in [4.78, 5) is 12.4. The molecule has 32 heavy (non-hydrogen) atoms. The molecule has 3 rings (SSSR count). The highest BCUT2D eigenvalue weighted by Crippen LogP contribution is 2.32. The molecule has 2 atom stereocenters. The van der Waals surface area contributed by atoms with Gasteiger partial charge in [0.15, 0.2) is 0 Å². The van der Waals surface area contributed by atoms with E-state index in [1.54, 1.807) is 13.8 Å². The van der Waals surface area contributed by atoms with E-state index in [-0.39, 0.29) is 41.3 Å². The van der Waals surface area contributed by atoms with Crippen LogP contribution in [-0.2, 0) is 27.5 Å². The van der Waals surface area contributed by atoms with Crippen molar-refractivity contribution >= 4 is 15.9 Å². The number of sulfonamides is 1. The quantitative estimate of drug-likeness (QED) is 0.673. The van der Waals surface area contributed by atoms with Gasteiger partial charge in [0.2, 0.25) is 10.0 Å². The van der Waals surface area contributed by atoms with Crippen LogP contribution in [0.2, 0.25) is 0 Å². The molecule has 2 aromatic carbocycles. The zero-order valence-electron chi connectivity index (χ0n) is 17.3. The molecule has 0 aliphatic carbocycles. The van der Waals surface area contributed by atoms with Crippen LogP contribution in [0.25, 0.3) is 0 Å². The molecule has 1 saturated heterocycles. The molecular weight excluding hydrogens is 452 g/mol. The van der Waals surface area contributed by atoms with Crippen LogP contribution in [0.15, 0.2) is 47.4 Å². The van der Waals surface area contributed by atoms with Gasteiger partial charge in [0.05, 0.1) is 22.7 Å². The highest BCUT2D eigenvalue weighted by atomic mass is 32.2. The summed E-state index contributed by atoms with van der Waals surface area (Å²) < 4.78 is 85.5. The second kappa shape index (κ2) is 9.16. The fourth-order valence-electron chi connectivity index (χ4n) is 3.52. The summed E-state index contributed by atoms with van der Waals surface area (Å²) >= 11 is 0. The number of benzene rings is 2. The molecule has 1 aliphatic heterocycles. The lowest BCUT2D eigenvalue weighted by Crippen LogP contribution is -2.48. The van der Waals surface area contributed by atoms with E-state index in [1.165, 1.54) is 28.6 Å². The first-order valence-electron chi connectivity index (χ1n) is 9.77. The average molecular weight is 474 g/mol. The maximum absolute atomic E-state index is 13.2. The summed E-state index contributed by atoms with van der Waals surface area (Å²) in [6.07, 6.45) is -5.38. The zero-order valence-corrected chi connectivity index (χ0v) is 18.1. The number of nitrogens with zero attached hydrogens (tertiary/aromatic N) is 1. The molecule has 0 saturated carbocycles. The molecule has 0 spiro atoms. The Kier molecular flexibility index (Phi) is 6.91. The van der Waals surface area contributed by atoms with Crippen molar-refractivity contribution in [3.8, 4) is 0 Å². The predicted molar refractivity (Wildman–Crippen MR) is 108 cm³/mol. The molecule has 6 nitrogen and oxygen atoms in total. The molecule has 0 bridgehead atoms. The number of carbonyl (C=O) groups is 1. The smallest absolute Gasteiger partial charge is 0.373 e. The number of morpholine rings is 1. The van der Waals surface area contributed by atoms with Crippen LogP contribution in [0.4, 0.5) is 17.6 Å². The molecular formula is C21H22F4N2O4S. The Hall–Kier alpha value is -2.50. The van der Waals surface area contributed by atoms with Crippen LogP contribution in [0.5, 0.6) is 0 Å². The topological polar surface area (TPSA) is 75.7 Å². The van der Waals surface area contributed by atoms with E-state index in [0.29, 0.717) is 6.07 Å². The number of hydrogen-bond donors (Lipinski definition) is 1. The number of alkyl halides is 3. The van der Waals surface area contributed by atoms with Gasteiger partial charge in [0.25, 0.3) is 5.91 Å². The molecule has 2 unspecified atom stereocenters. The van der Waals surface area contributed by atoms with Crippen molar-refractivity contribution in [1.82, 2.24) is 9.62 Å². The Bertz CT molecular complexity index is 1100. The largest absolute Gasteiger partial charge is 0.416 e. The van der Waals surface area contributed by atoms with Crippen molar-refractivity contribution < 1.29 is 35.5 Å². The van der Waals surface area contributed by atoms with E-state index in [0.717, 1.165) is 12.1 Å². The highest BCUT2D eigenvalue weighted by molar-refractivity contribution is 7.89. The molecule has 11 heteroatoms. The summed E-state index contributed by atoms with van der Waals surface area (Å²) in [7, 11) is -3.90. The van der Waals surface area contributed by atoms with E-state index in [1.807, 2.05) is 0 Å². The number of rotatable bonds is 5. The summed E-state index contributed by atoms with van der Waals surface area (Å²) in [6, 6.07) is 7.43. The van der Waals surface area contributed by atoms with Gasteiger partial charge in [-0.25, -0.2) is 12.8 Å². The van der Waals surface area contributed by atoms with Gasteiger partial charge in [-0.05, 0) is 49.7 Å². The molecule has 1 N–H and O–H groups in total. The Morgan fingerprint density at radius 1 is 1.12 bits per heavy atom. The van der Waals surface area contributed by atoms with E-state index >= 15 is 0 Å². The molecule has 174 valence electrons. The van der Waals surface area contributed by atoms with Gasteiger partial charge in [-0.1, -0.05) is 12.1 Å². The van der Waals surface area contributed by atoms with Gasteiger partial charge >= 0.3 is 6.18 Å². The number of nitrogens with one attached hydrogen (secondary N) is 1. The van der Waals surface area contributed by atoms with E-state index in [4.69, 9.17) is 4.74 Å². The molecule has 0 radical (unpaired) electrons. The van der Waals surface area contributed by atoms with Gasteiger partial charge < -0.3 is 10.1 Å². The first-order chi connectivity index (χ1) is 14.9. The number of ether oxygens (including phenoxy) is 1. The van der Waals surface area contributed by atoms with Crippen LogP contribution in [0, 0.1) is 5.82 Å². The van der Waals surface area contributed by atoms with Crippen LogP contribution in [0.1, 0.15) is 35.3 Å². The van der Waals surface area contributed by atoms with Crippen LogP contribution >= 0.6 is 0 Å². The summed E-state index contributed by atoms with van der Waals surface area (Å²) in [6.45, 7) is 3.32. The Morgan fingerprint density at radius 3 is 2.41 bits per heavy atom. The van der Waals surface area contributed by atoms with Crippen LogP contribution < -0.4 is 5.32 Å². The van der Waals surface area contributed by atoms with E-state index in [9.17, 15) is 30.8 Å². The van der Waals surface area contributed by atoms with Crippen molar-refractivity contribution in [3.63, 3.8) is 0 Å². The fourth-order valence-corrected chi connectivity index (χ4v) is 5.16. The van der Waals surface area contributed by atoms with Crippen molar-refractivity contribution in [2.75, 3.05) is 13.1 Å². The molecule has 1 amide bonds. The number of hydrogen-bond acceptors (Lipinski definition) is 4. The lowest BCUT2D eigenvalue weighted by Gasteiger charge is -2.34. The molecule has 1 heterocycles. The normalized spacial score (nSPS) is 20.2. The fraction of sp³-hybridized carbons (Fsp3) is 0.381. The number of halogens is 4. The lowest BCUT2D eigenvalue weighted by molar-refractivity contribution is -0.138. The van der Waals surface area contributed by atoms with E-state index < -0.39 is 40.0 Å². The second-order valence-corrected chi connectivity index (χ2v) is 9.53. The minimum absolute atomic E-state index is 0.0314. The first kappa shape index (κ1) is 24.1. The van der Waals surface area contributed by atoms with Gasteiger partial charge in [-0.3, -0.25) is 4.79 Å². The maximum Gasteiger partial charge on any atom is 0.416 e. The molecule has 0 aromatic heterocycles. The predicted octanol–water partition coefficient (Wildman–Crippen LogP) is 3.57. The van der Waals surface area contributed by atoms with Crippen molar-refractivity contribution in [1.29, 1.82) is 0 Å². The summed E-state index contributed by atoms with van der Waals surface area (Å²) in [5, 5.41) is 2.33. The summed E-state index contributed by atoms with van der Waals surface area (Å²) in [5.41, 5.74) is -1.53. The second-order valence-electron chi connectivity index (χ2n) is 7.59. The van der Waals surface area contributed by atoms with Crippen molar-refractivity contribution in [2.24, 2.45) is 0 Å². The van der Waals surface area contributed by atoms with E-state index in [2.05, 4.69) is 5.32 Å². The molecule has 1 aliphatic rings. The van der Waals surface area contributed by atoms with Crippen LogP contribution in [0.3, 0.4) is 0 Å². The van der Waals surface area contributed by atoms with Crippen molar-refractivity contribution in [3.05, 3.63) is 65.0 Å². The Labute approximate surface area is 183 Å². The third-order valence-electron chi connectivity index (χ3n) is 4.94. The lowest BCUT2D eigenvalue weighted by atomic mass is 10.1. The first-order valence-corrected chi connectivity index (χ1v) is 11.2. The SMILES string of the molecule is CC1CN(S(=O)(=O)c2cccc(C(=O)NCc3ccc(F)cc3C(F)(F)F)c2)CC(C)O1. The Morgan fingerprint density at radius 2 is 1.78 bits per heavy atom. The molecule has 1 fully saturated rings. The van der Waals surface area contributed by atoms with Gasteiger partial charge in [-0.2, -0.15) is 17.5 Å². The van der Waals surface area contributed by atoms with Gasteiger partial charge in [-0.15, -0.1) is 0 Å². The average Bonchev–Trinajstić information content (AvgIpc) is 2.71. The third-order valence-corrected chi connectivity index (χ3v) is 6.76.